The van der Waals surface area contributed by atoms with Crippen LogP contribution in [0.3, 0.4) is 0 Å². The fourth-order valence-electron chi connectivity index (χ4n) is 2.58. The lowest BCUT2D eigenvalue weighted by molar-refractivity contribution is -0.134. The van der Waals surface area contributed by atoms with Crippen molar-refractivity contribution in [3.05, 3.63) is 32.2 Å². The van der Waals surface area contributed by atoms with E-state index in [4.69, 9.17) is 0 Å². The molecule has 2 aromatic heterocycles. The molecule has 1 amide bonds. The third-order valence-electron chi connectivity index (χ3n) is 4.04. The van der Waals surface area contributed by atoms with Crippen molar-refractivity contribution in [2.45, 2.75) is 47.3 Å². The second kappa shape index (κ2) is 7.82. The summed E-state index contributed by atoms with van der Waals surface area (Å²) in [6.45, 7) is 9.77. The Morgan fingerprint density at radius 3 is 2.50 bits per heavy atom. The summed E-state index contributed by atoms with van der Waals surface area (Å²) in [4.78, 5) is 14.4. The quantitative estimate of drug-likeness (QED) is 0.662. The Bertz CT molecular complexity index is 737. The topological polar surface area (TPSA) is 56.0 Å². The van der Waals surface area contributed by atoms with Crippen molar-refractivity contribution < 1.29 is 4.79 Å². The van der Waals surface area contributed by atoms with Crippen LogP contribution in [0.25, 0.3) is 0 Å². The van der Waals surface area contributed by atoms with Crippen molar-refractivity contribution in [1.29, 1.82) is 0 Å². The lowest BCUT2D eigenvalue weighted by Gasteiger charge is -2.21. The normalized spacial score (nSPS) is 12.5. The standard InChI is InChI=1S/C16H23Br2N5O/c1-6-22-8-13(17)14(20-22)9-21(5)16(24)10(2)7-23-12(4)15(18)11(3)19-23/h8,10H,6-7,9H2,1-5H3. The van der Waals surface area contributed by atoms with Gasteiger partial charge in [-0.15, -0.1) is 0 Å². The van der Waals surface area contributed by atoms with Gasteiger partial charge in [0.2, 0.25) is 5.91 Å². The zero-order valence-electron chi connectivity index (χ0n) is 14.7. The third kappa shape index (κ3) is 4.08. The van der Waals surface area contributed by atoms with Crippen LogP contribution in [-0.2, 0) is 24.4 Å². The number of rotatable bonds is 6. The Balaban J connectivity index is 2.03. The summed E-state index contributed by atoms with van der Waals surface area (Å²) >= 11 is 7.03. The van der Waals surface area contributed by atoms with E-state index in [2.05, 4.69) is 42.1 Å². The molecule has 2 aromatic rings. The van der Waals surface area contributed by atoms with Gasteiger partial charge in [-0.2, -0.15) is 10.2 Å². The van der Waals surface area contributed by atoms with E-state index >= 15 is 0 Å². The summed E-state index contributed by atoms with van der Waals surface area (Å²) in [6, 6.07) is 0. The molecule has 2 rings (SSSR count). The molecular weight excluding hydrogens is 438 g/mol. The highest BCUT2D eigenvalue weighted by atomic mass is 79.9. The van der Waals surface area contributed by atoms with Crippen molar-refractivity contribution in [2.24, 2.45) is 5.92 Å². The molecule has 8 heteroatoms. The van der Waals surface area contributed by atoms with Gasteiger partial charge in [-0.25, -0.2) is 0 Å². The van der Waals surface area contributed by atoms with E-state index in [1.165, 1.54) is 0 Å². The van der Waals surface area contributed by atoms with Crippen LogP contribution in [0.1, 0.15) is 30.9 Å². The molecule has 0 bridgehead atoms. The van der Waals surface area contributed by atoms with Crippen molar-refractivity contribution in [2.75, 3.05) is 7.05 Å². The van der Waals surface area contributed by atoms with Crippen molar-refractivity contribution in [1.82, 2.24) is 24.5 Å². The molecule has 0 spiro atoms. The second-order valence-electron chi connectivity index (χ2n) is 6.04. The van der Waals surface area contributed by atoms with E-state index in [0.29, 0.717) is 13.1 Å². The SMILES string of the molecule is CCn1cc(Br)c(CN(C)C(=O)C(C)Cn2nc(C)c(Br)c2C)n1. The number of halogens is 2. The van der Waals surface area contributed by atoms with E-state index in [1.807, 2.05) is 50.3 Å². The molecule has 0 N–H and O–H groups in total. The van der Waals surface area contributed by atoms with Gasteiger partial charge < -0.3 is 4.90 Å². The molecule has 0 aliphatic rings. The largest absolute Gasteiger partial charge is 0.339 e. The summed E-state index contributed by atoms with van der Waals surface area (Å²) in [5, 5.41) is 8.96. The first-order valence-corrected chi connectivity index (χ1v) is 9.49. The van der Waals surface area contributed by atoms with Crippen LogP contribution in [0.2, 0.25) is 0 Å². The zero-order valence-corrected chi connectivity index (χ0v) is 17.8. The summed E-state index contributed by atoms with van der Waals surface area (Å²) in [5.41, 5.74) is 2.85. The highest BCUT2D eigenvalue weighted by Crippen LogP contribution is 2.21. The lowest BCUT2D eigenvalue weighted by atomic mass is 10.1. The number of nitrogens with zero attached hydrogens (tertiary/aromatic N) is 5. The van der Waals surface area contributed by atoms with Crippen LogP contribution in [0.4, 0.5) is 0 Å². The lowest BCUT2D eigenvalue weighted by Crippen LogP contribution is -2.33. The maximum atomic E-state index is 12.7. The van der Waals surface area contributed by atoms with Gasteiger partial charge >= 0.3 is 0 Å². The molecule has 1 unspecified atom stereocenters. The molecule has 1 atom stereocenters. The minimum atomic E-state index is -0.160. The Kier molecular flexibility index (Phi) is 6.25. The molecular formula is C16H23Br2N5O. The average molecular weight is 461 g/mol. The van der Waals surface area contributed by atoms with Crippen LogP contribution in [0, 0.1) is 19.8 Å². The maximum absolute atomic E-state index is 12.7. The number of carbonyl (C=O) groups is 1. The van der Waals surface area contributed by atoms with Crippen molar-refractivity contribution in [3.63, 3.8) is 0 Å². The molecule has 0 saturated heterocycles. The van der Waals surface area contributed by atoms with Gasteiger partial charge in [0.05, 0.1) is 39.3 Å². The Hall–Kier alpha value is -1.15. The summed E-state index contributed by atoms with van der Waals surface area (Å²) in [6.07, 6.45) is 1.94. The number of amides is 1. The van der Waals surface area contributed by atoms with E-state index in [0.717, 1.165) is 32.6 Å². The van der Waals surface area contributed by atoms with Crippen molar-refractivity contribution in [3.8, 4) is 0 Å². The Labute approximate surface area is 159 Å². The van der Waals surface area contributed by atoms with Gasteiger partial charge in [0.25, 0.3) is 0 Å². The van der Waals surface area contributed by atoms with Gasteiger partial charge in [0.1, 0.15) is 0 Å². The molecule has 0 fully saturated rings. The molecule has 0 aliphatic heterocycles. The van der Waals surface area contributed by atoms with Gasteiger partial charge in [0.15, 0.2) is 0 Å². The van der Waals surface area contributed by atoms with Crippen molar-refractivity contribution >= 4 is 37.8 Å². The van der Waals surface area contributed by atoms with E-state index in [-0.39, 0.29) is 11.8 Å². The van der Waals surface area contributed by atoms with Gasteiger partial charge in [-0.1, -0.05) is 6.92 Å². The predicted molar refractivity (Wildman–Crippen MR) is 101 cm³/mol. The fraction of sp³-hybridized carbons (Fsp3) is 0.562. The molecule has 0 saturated carbocycles. The van der Waals surface area contributed by atoms with E-state index in [1.54, 1.807) is 4.90 Å². The van der Waals surface area contributed by atoms with Gasteiger partial charge in [-0.05, 0) is 52.6 Å². The van der Waals surface area contributed by atoms with E-state index < -0.39 is 0 Å². The van der Waals surface area contributed by atoms with Gasteiger partial charge in [-0.3, -0.25) is 14.2 Å². The van der Waals surface area contributed by atoms with Crippen LogP contribution < -0.4 is 0 Å². The summed E-state index contributed by atoms with van der Waals surface area (Å²) in [5.74, 6) is -0.0800. The van der Waals surface area contributed by atoms with Gasteiger partial charge in [0, 0.05) is 25.5 Å². The summed E-state index contributed by atoms with van der Waals surface area (Å²) in [7, 11) is 1.81. The fourth-order valence-corrected chi connectivity index (χ4v) is 3.30. The number of aromatic nitrogens is 4. The molecule has 0 aliphatic carbocycles. The molecule has 0 radical (unpaired) electrons. The molecule has 6 nitrogen and oxygen atoms in total. The number of carbonyl (C=O) groups excluding carboxylic acids is 1. The first-order chi connectivity index (χ1) is 11.2. The van der Waals surface area contributed by atoms with Crippen LogP contribution >= 0.6 is 31.9 Å². The average Bonchev–Trinajstić information content (AvgIpc) is 3.01. The highest BCUT2D eigenvalue weighted by molar-refractivity contribution is 9.10. The van der Waals surface area contributed by atoms with E-state index in [9.17, 15) is 4.79 Å². The molecule has 24 heavy (non-hydrogen) atoms. The molecule has 0 aromatic carbocycles. The number of hydrogen-bond acceptors (Lipinski definition) is 3. The smallest absolute Gasteiger partial charge is 0.227 e. The van der Waals surface area contributed by atoms with Crippen LogP contribution in [0.15, 0.2) is 15.1 Å². The predicted octanol–water partition coefficient (Wildman–Crippen LogP) is 3.54. The highest BCUT2D eigenvalue weighted by Gasteiger charge is 2.21. The first-order valence-electron chi connectivity index (χ1n) is 7.90. The third-order valence-corrected chi connectivity index (χ3v) is 5.85. The minimum absolute atomic E-state index is 0.0802. The van der Waals surface area contributed by atoms with Crippen LogP contribution in [-0.4, -0.2) is 37.4 Å². The summed E-state index contributed by atoms with van der Waals surface area (Å²) < 4.78 is 5.68. The maximum Gasteiger partial charge on any atom is 0.227 e. The Morgan fingerprint density at radius 2 is 2.00 bits per heavy atom. The number of hydrogen-bond donors (Lipinski definition) is 0. The number of aryl methyl sites for hydroxylation is 2. The molecule has 2 heterocycles. The zero-order chi connectivity index (χ0) is 18.0. The minimum Gasteiger partial charge on any atom is -0.339 e. The van der Waals surface area contributed by atoms with Crippen LogP contribution in [0.5, 0.6) is 0 Å². The first kappa shape index (κ1) is 19.2. The second-order valence-corrected chi connectivity index (χ2v) is 7.69. The molecule has 132 valence electrons. The monoisotopic (exact) mass is 459 g/mol. The Morgan fingerprint density at radius 1 is 1.33 bits per heavy atom.